The van der Waals surface area contributed by atoms with Crippen LogP contribution in [0, 0.1) is 0 Å². The SMILES string of the molecule is Brc1ccc([C@H]2CC=NO2)cc1. The lowest BCUT2D eigenvalue weighted by Crippen LogP contribution is -1.94. The van der Waals surface area contributed by atoms with Gasteiger partial charge < -0.3 is 4.84 Å². The summed E-state index contributed by atoms with van der Waals surface area (Å²) >= 11 is 3.38. The van der Waals surface area contributed by atoms with Crippen molar-refractivity contribution in [2.75, 3.05) is 0 Å². The lowest BCUT2D eigenvalue weighted by atomic mass is 10.1. The molecular weight excluding hydrogens is 218 g/mol. The van der Waals surface area contributed by atoms with Crippen molar-refractivity contribution in [1.29, 1.82) is 0 Å². The Kier molecular flexibility index (Phi) is 2.13. The molecule has 3 heteroatoms. The van der Waals surface area contributed by atoms with Crippen LogP contribution in [0.25, 0.3) is 0 Å². The van der Waals surface area contributed by atoms with Gasteiger partial charge in [0.25, 0.3) is 0 Å². The third-order valence-electron chi connectivity index (χ3n) is 1.82. The molecule has 0 radical (unpaired) electrons. The largest absolute Gasteiger partial charge is 0.388 e. The Balaban J connectivity index is 2.18. The number of oxime groups is 1. The Labute approximate surface area is 79.4 Å². The van der Waals surface area contributed by atoms with Gasteiger partial charge in [-0.25, -0.2) is 0 Å². The van der Waals surface area contributed by atoms with E-state index in [0.29, 0.717) is 0 Å². The summed E-state index contributed by atoms with van der Waals surface area (Å²) in [5.41, 5.74) is 1.18. The van der Waals surface area contributed by atoms with Crippen molar-refractivity contribution >= 4 is 22.1 Å². The number of benzene rings is 1. The molecule has 62 valence electrons. The second-order valence-corrected chi connectivity index (χ2v) is 3.58. The summed E-state index contributed by atoms with van der Waals surface area (Å²) in [5, 5.41) is 3.73. The zero-order valence-electron chi connectivity index (χ0n) is 6.40. The minimum absolute atomic E-state index is 0.123. The first-order valence-electron chi connectivity index (χ1n) is 3.79. The summed E-state index contributed by atoms with van der Waals surface area (Å²) < 4.78 is 1.09. The van der Waals surface area contributed by atoms with Crippen molar-refractivity contribution in [3.63, 3.8) is 0 Å². The molecule has 1 aliphatic heterocycles. The average molecular weight is 226 g/mol. The van der Waals surface area contributed by atoms with E-state index in [-0.39, 0.29) is 6.10 Å². The zero-order chi connectivity index (χ0) is 8.39. The number of rotatable bonds is 1. The van der Waals surface area contributed by atoms with Crippen molar-refractivity contribution in [1.82, 2.24) is 0 Å². The molecule has 0 unspecified atom stereocenters. The van der Waals surface area contributed by atoms with Crippen molar-refractivity contribution < 1.29 is 4.84 Å². The molecule has 1 aromatic rings. The van der Waals surface area contributed by atoms with Crippen molar-refractivity contribution in [3.05, 3.63) is 34.3 Å². The van der Waals surface area contributed by atoms with E-state index in [9.17, 15) is 0 Å². The lowest BCUT2D eigenvalue weighted by Gasteiger charge is -2.07. The molecule has 0 spiro atoms. The van der Waals surface area contributed by atoms with Gasteiger partial charge in [-0.1, -0.05) is 33.2 Å². The molecule has 12 heavy (non-hydrogen) atoms. The number of halogens is 1. The van der Waals surface area contributed by atoms with Crippen LogP contribution in [0.3, 0.4) is 0 Å². The van der Waals surface area contributed by atoms with Crippen LogP contribution in [0.4, 0.5) is 0 Å². The second-order valence-electron chi connectivity index (χ2n) is 2.67. The molecule has 2 rings (SSSR count). The predicted molar refractivity (Wildman–Crippen MR) is 51.1 cm³/mol. The van der Waals surface area contributed by atoms with Crippen molar-refractivity contribution in [3.8, 4) is 0 Å². The first-order valence-corrected chi connectivity index (χ1v) is 4.58. The van der Waals surface area contributed by atoms with Gasteiger partial charge in [-0.15, -0.1) is 0 Å². The predicted octanol–water partition coefficient (Wildman–Crippen LogP) is 2.90. The number of nitrogens with zero attached hydrogens (tertiary/aromatic N) is 1. The molecule has 1 aliphatic rings. The first kappa shape index (κ1) is 7.80. The summed E-state index contributed by atoms with van der Waals surface area (Å²) in [7, 11) is 0. The van der Waals surface area contributed by atoms with Gasteiger partial charge >= 0.3 is 0 Å². The second kappa shape index (κ2) is 3.27. The highest BCUT2D eigenvalue weighted by Gasteiger charge is 2.14. The molecule has 1 atom stereocenters. The van der Waals surface area contributed by atoms with E-state index in [1.807, 2.05) is 24.3 Å². The highest BCUT2D eigenvalue weighted by molar-refractivity contribution is 9.10. The third kappa shape index (κ3) is 1.50. The molecule has 0 bridgehead atoms. The van der Waals surface area contributed by atoms with E-state index in [1.54, 1.807) is 6.21 Å². The Morgan fingerprint density at radius 3 is 2.67 bits per heavy atom. The van der Waals surface area contributed by atoms with Crippen LogP contribution in [0.1, 0.15) is 18.1 Å². The monoisotopic (exact) mass is 225 g/mol. The van der Waals surface area contributed by atoms with Crippen LogP contribution in [-0.2, 0) is 4.84 Å². The Morgan fingerprint density at radius 2 is 2.08 bits per heavy atom. The maximum Gasteiger partial charge on any atom is 0.157 e. The fourth-order valence-corrected chi connectivity index (χ4v) is 1.44. The van der Waals surface area contributed by atoms with E-state index in [4.69, 9.17) is 4.84 Å². The van der Waals surface area contributed by atoms with Gasteiger partial charge in [-0.2, -0.15) is 0 Å². The van der Waals surface area contributed by atoms with Gasteiger partial charge in [0.1, 0.15) is 0 Å². The normalized spacial score (nSPS) is 20.9. The van der Waals surface area contributed by atoms with Gasteiger partial charge in [-0.3, -0.25) is 0 Å². The summed E-state index contributed by atoms with van der Waals surface area (Å²) in [5.74, 6) is 0. The number of hydrogen-bond acceptors (Lipinski definition) is 2. The maximum atomic E-state index is 5.13. The fraction of sp³-hybridized carbons (Fsp3) is 0.222. The van der Waals surface area contributed by atoms with Gasteiger partial charge in [-0.05, 0) is 17.7 Å². The van der Waals surface area contributed by atoms with Crippen molar-refractivity contribution in [2.24, 2.45) is 5.16 Å². The summed E-state index contributed by atoms with van der Waals surface area (Å²) in [4.78, 5) is 5.13. The topological polar surface area (TPSA) is 21.6 Å². The molecule has 0 fully saturated rings. The van der Waals surface area contributed by atoms with Crippen LogP contribution < -0.4 is 0 Å². The minimum Gasteiger partial charge on any atom is -0.388 e. The smallest absolute Gasteiger partial charge is 0.157 e. The standard InChI is InChI=1S/C9H8BrNO/c10-8-3-1-7(2-4-8)9-5-6-11-12-9/h1-4,6,9H,5H2/t9-/m1/s1. The average Bonchev–Trinajstić information content (AvgIpc) is 2.58. The van der Waals surface area contributed by atoms with Crippen LogP contribution in [0.2, 0.25) is 0 Å². The van der Waals surface area contributed by atoms with Crippen LogP contribution in [0.5, 0.6) is 0 Å². The maximum absolute atomic E-state index is 5.13. The van der Waals surface area contributed by atoms with E-state index < -0.39 is 0 Å². The Hall–Kier alpha value is -0.830. The van der Waals surface area contributed by atoms with Gasteiger partial charge in [0.05, 0.1) is 0 Å². The molecule has 0 N–H and O–H groups in total. The van der Waals surface area contributed by atoms with Crippen LogP contribution in [0.15, 0.2) is 33.9 Å². The molecule has 0 amide bonds. The molecule has 0 aromatic heterocycles. The molecule has 0 saturated heterocycles. The van der Waals surface area contributed by atoms with E-state index in [0.717, 1.165) is 10.9 Å². The van der Waals surface area contributed by atoms with E-state index >= 15 is 0 Å². The first-order chi connectivity index (χ1) is 5.86. The van der Waals surface area contributed by atoms with Gasteiger partial charge in [0, 0.05) is 17.1 Å². The summed E-state index contributed by atoms with van der Waals surface area (Å²) in [6, 6.07) is 8.11. The minimum atomic E-state index is 0.123. The molecule has 1 heterocycles. The van der Waals surface area contributed by atoms with E-state index in [1.165, 1.54) is 5.56 Å². The molecule has 1 aromatic carbocycles. The molecule has 0 aliphatic carbocycles. The molecule has 0 saturated carbocycles. The van der Waals surface area contributed by atoms with Gasteiger partial charge in [0.2, 0.25) is 0 Å². The van der Waals surface area contributed by atoms with Crippen molar-refractivity contribution in [2.45, 2.75) is 12.5 Å². The highest BCUT2D eigenvalue weighted by Crippen LogP contribution is 2.25. The highest BCUT2D eigenvalue weighted by atomic mass is 79.9. The van der Waals surface area contributed by atoms with E-state index in [2.05, 4.69) is 21.1 Å². The van der Waals surface area contributed by atoms with Crippen LogP contribution >= 0.6 is 15.9 Å². The molecule has 2 nitrogen and oxygen atoms in total. The zero-order valence-corrected chi connectivity index (χ0v) is 7.99. The summed E-state index contributed by atoms with van der Waals surface area (Å²) in [6.07, 6.45) is 2.80. The lowest BCUT2D eigenvalue weighted by molar-refractivity contribution is 0.0858. The quantitative estimate of drug-likeness (QED) is 0.721. The third-order valence-corrected chi connectivity index (χ3v) is 2.35. The number of hydrogen-bond donors (Lipinski definition) is 0. The van der Waals surface area contributed by atoms with Gasteiger partial charge in [0.15, 0.2) is 6.10 Å². The Morgan fingerprint density at radius 1 is 1.33 bits per heavy atom. The van der Waals surface area contributed by atoms with Crippen LogP contribution in [-0.4, -0.2) is 6.21 Å². The summed E-state index contributed by atoms with van der Waals surface area (Å²) in [6.45, 7) is 0. The Bertz CT molecular complexity index is 286. The molecular formula is C9H8BrNO. The fourth-order valence-electron chi connectivity index (χ4n) is 1.17.